The Labute approximate surface area is 137 Å². The number of carbonyl (C=O) groups excluding carboxylic acids is 1. The van der Waals surface area contributed by atoms with E-state index >= 15 is 0 Å². The first-order chi connectivity index (χ1) is 10.6. The van der Waals surface area contributed by atoms with Crippen molar-refractivity contribution in [3.05, 3.63) is 52.4 Å². The Balaban J connectivity index is 1.63. The van der Waals surface area contributed by atoms with Crippen molar-refractivity contribution in [1.29, 1.82) is 0 Å². The fraction of sp³-hybridized carbons (Fsp3) is 0.312. The van der Waals surface area contributed by atoms with E-state index in [1.807, 2.05) is 30.0 Å². The number of amides is 1. The molecule has 114 valence electrons. The number of pyridine rings is 2. The maximum Gasteiger partial charge on any atom is 0.255 e. The molecular weight excluding hydrogens is 346 g/mol. The first-order valence-corrected chi connectivity index (χ1v) is 7.92. The molecule has 1 aliphatic heterocycles. The fourth-order valence-electron chi connectivity index (χ4n) is 2.49. The molecule has 0 saturated carbocycles. The Morgan fingerprint density at radius 2 is 2.23 bits per heavy atom. The van der Waals surface area contributed by atoms with Crippen molar-refractivity contribution in [1.82, 2.24) is 14.9 Å². The maximum atomic E-state index is 12.5. The molecule has 2 aromatic heterocycles. The van der Waals surface area contributed by atoms with Crippen molar-refractivity contribution in [3.8, 4) is 5.88 Å². The zero-order valence-electron chi connectivity index (χ0n) is 12.2. The summed E-state index contributed by atoms with van der Waals surface area (Å²) in [4.78, 5) is 22.7. The topological polar surface area (TPSA) is 55.3 Å². The molecule has 1 saturated heterocycles. The molecule has 1 atom stereocenters. The van der Waals surface area contributed by atoms with Gasteiger partial charge in [0.1, 0.15) is 6.10 Å². The van der Waals surface area contributed by atoms with Gasteiger partial charge in [-0.2, -0.15) is 0 Å². The lowest BCUT2D eigenvalue weighted by molar-refractivity contribution is 0.0770. The van der Waals surface area contributed by atoms with Crippen LogP contribution in [0.2, 0.25) is 0 Å². The van der Waals surface area contributed by atoms with Gasteiger partial charge >= 0.3 is 0 Å². The van der Waals surface area contributed by atoms with Crippen LogP contribution in [0.4, 0.5) is 0 Å². The summed E-state index contributed by atoms with van der Waals surface area (Å²) in [7, 11) is 0. The minimum Gasteiger partial charge on any atom is -0.472 e. The highest BCUT2D eigenvalue weighted by atomic mass is 79.9. The van der Waals surface area contributed by atoms with Crippen LogP contribution in [0.3, 0.4) is 0 Å². The summed E-state index contributed by atoms with van der Waals surface area (Å²) in [5.74, 6) is 0.598. The van der Waals surface area contributed by atoms with E-state index in [-0.39, 0.29) is 12.0 Å². The Hall–Kier alpha value is -1.95. The fourth-order valence-corrected chi connectivity index (χ4v) is 2.73. The van der Waals surface area contributed by atoms with E-state index < -0.39 is 0 Å². The second kappa shape index (κ2) is 6.44. The lowest BCUT2D eigenvalue weighted by atomic mass is 10.2. The standard InChI is InChI=1S/C16H16BrN3O2/c1-11-14(3-2-7-18-11)16(21)20-8-6-13(10-20)22-15-5-4-12(17)9-19-15/h2-5,7,9,13H,6,8,10H2,1H3. The normalized spacial score (nSPS) is 17.5. The molecule has 1 aliphatic rings. The van der Waals surface area contributed by atoms with Crippen LogP contribution >= 0.6 is 15.9 Å². The van der Waals surface area contributed by atoms with Gasteiger partial charge in [0.15, 0.2) is 0 Å². The second-order valence-electron chi connectivity index (χ2n) is 5.23. The van der Waals surface area contributed by atoms with Crippen LogP contribution in [0.1, 0.15) is 22.5 Å². The van der Waals surface area contributed by atoms with Crippen molar-refractivity contribution in [2.24, 2.45) is 0 Å². The number of hydrogen-bond donors (Lipinski definition) is 0. The largest absolute Gasteiger partial charge is 0.472 e. The third-order valence-electron chi connectivity index (χ3n) is 3.66. The monoisotopic (exact) mass is 361 g/mol. The molecule has 0 bridgehead atoms. The Bertz CT molecular complexity index is 675. The number of aryl methyl sites for hydroxylation is 1. The SMILES string of the molecule is Cc1ncccc1C(=O)N1CCC(Oc2ccc(Br)cn2)C1. The average Bonchev–Trinajstić information content (AvgIpc) is 2.98. The molecule has 1 unspecified atom stereocenters. The summed E-state index contributed by atoms with van der Waals surface area (Å²) in [6.07, 6.45) is 4.19. The first kappa shape index (κ1) is 15.0. The quantitative estimate of drug-likeness (QED) is 0.843. The summed E-state index contributed by atoms with van der Waals surface area (Å²) in [6.45, 7) is 3.11. The number of likely N-dealkylation sites (tertiary alicyclic amines) is 1. The minimum absolute atomic E-state index is 0.0143. The Morgan fingerprint density at radius 3 is 2.95 bits per heavy atom. The van der Waals surface area contributed by atoms with Gasteiger partial charge in [-0.1, -0.05) is 0 Å². The molecule has 5 nitrogen and oxygen atoms in total. The molecule has 0 aromatic carbocycles. The molecule has 0 aliphatic carbocycles. The van der Waals surface area contributed by atoms with Crippen molar-refractivity contribution >= 4 is 21.8 Å². The average molecular weight is 362 g/mol. The van der Waals surface area contributed by atoms with E-state index in [1.165, 1.54) is 0 Å². The Kier molecular flexibility index (Phi) is 4.38. The molecule has 0 N–H and O–H groups in total. The van der Waals surface area contributed by atoms with Crippen LogP contribution in [0.15, 0.2) is 41.1 Å². The molecule has 6 heteroatoms. The summed E-state index contributed by atoms with van der Waals surface area (Å²) < 4.78 is 6.75. The summed E-state index contributed by atoms with van der Waals surface area (Å²) >= 11 is 3.34. The van der Waals surface area contributed by atoms with Gasteiger partial charge in [-0.3, -0.25) is 9.78 Å². The van der Waals surface area contributed by atoms with Gasteiger partial charge in [-0.05, 0) is 41.1 Å². The number of carbonyl (C=O) groups is 1. The Morgan fingerprint density at radius 1 is 1.36 bits per heavy atom. The highest BCUT2D eigenvalue weighted by Crippen LogP contribution is 2.20. The number of halogens is 1. The van der Waals surface area contributed by atoms with Crippen LogP contribution < -0.4 is 4.74 Å². The number of hydrogen-bond acceptors (Lipinski definition) is 4. The molecule has 0 radical (unpaired) electrons. The molecular formula is C16H16BrN3O2. The zero-order chi connectivity index (χ0) is 15.5. The zero-order valence-corrected chi connectivity index (χ0v) is 13.8. The molecule has 3 heterocycles. The summed E-state index contributed by atoms with van der Waals surface area (Å²) in [5.41, 5.74) is 1.41. The molecule has 1 fully saturated rings. The van der Waals surface area contributed by atoms with Crippen LogP contribution in [0, 0.1) is 6.92 Å². The van der Waals surface area contributed by atoms with E-state index in [0.29, 0.717) is 24.5 Å². The smallest absolute Gasteiger partial charge is 0.255 e. The second-order valence-corrected chi connectivity index (χ2v) is 6.15. The molecule has 2 aromatic rings. The van der Waals surface area contributed by atoms with Gasteiger partial charge in [0.2, 0.25) is 5.88 Å². The van der Waals surface area contributed by atoms with Crippen molar-refractivity contribution in [2.45, 2.75) is 19.4 Å². The molecule has 1 amide bonds. The van der Waals surface area contributed by atoms with Crippen LogP contribution in [0.25, 0.3) is 0 Å². The van der Waals surface area contributed by atoms with Gasteiger partial charge in [-0.15, -0.1) is 0 Å². The molecule has 22 heavy (non-hydrogen) atoms. The van der Waals surface area contributed by atoms with Crippen LogP contribution in [0.5, 0.6) is 5.88 Å². The van der Waals surface area contributed by atoms with Crippen molar-refractivity contribution in [3.63, 3.8) is 0 Å². The van der Waals surface area contributed by atoms with Crippen molar-refractivity contribution in [2.75, 3.05) is 13.1 Å². The van der Waals surface area contributed by atoms with E-state index in [9.17, 15) is 4.79 Å². The minimum atomic E-state index is -0.0189. The third kappa shape index (κ3) is 3.27. The first-order valence-electron chi connectivity index (χ1n) is 7.12. The maximum absolute atomic E-state index is 12.5. The molecule has 0 spiro atoms. The van der Waals surface area contributed by atoms with Gasteiger partial charge in [0.05, 0.1) is 12.1 Å². The number of rotatable bonds is 3. The van der Waals surface area contributed by atoms with E-state index in [1.54, 1.807) is 18.5 Å². The predicted octanol–water partition coefficient (Wildman–Crippen LogP) is 2.84. The van der Waals surface area contributed by atoms with E-state index in [0.717, 1.165) is 16.6 Å². The summed E-state index contributed by atoms with van der Waals surface area (Å²) in [5, 5.41) is 0. The predicted molar refractivity (Wildman–Crippen MR) is 85.8 cm³/mol. The van der Waals surface area contributed by atoms with Gasteiger partial charge in [0, 0.05) is 41.6 Å². The lowest BCUT2D eigenvalue weighted by Crippen LogP contribution is -2.31. The lowest BCUT2D eigenvalue weighted by Gasteiger charge is -2.17. The highest BCUT2D eigenvalue weighted by molar-refractivity contribution is 9.10. The third-order valence-corrected chi connectivity index (χ3v) is 4.13. The van der Waals surface area contributed by atoms with E-state index in [4.69, 9.17) is 4.74 Å². The summed E-state index contributed by atoms with van der Waals surface area (Å²) in [6, 6.07) is 7.31. The highest BCUT2D eigenvalue weighted by Gasteiger charge is 2.29. The van der Waals surface area contributed by atoms with Crippen LogP contribution in [-0.4, -0.2) is 40.0 Å². The van der Waals surface area contributed by atoms with Crippen molar-refractivity contribution < 1.29 is 9.53 Å². The van der Waals surface area contributed by atoms with Gasteiger partial charge < -0.3 is 9.64 Å². The van der Waals surface area contributed by atoms with E-state index in [2.05, 4.69) is 25.9 Å². The number of ether oxygens (including phenoxy) is 1. The number of nitrogens with zero attached hydrogens (tertiary/aromatic N) is 3. The molecule has 3 rings (SSSR count). The van der Waals surface area contributed by atoms with Gasteiger partial charge in [0.25, 0.3) is 5.91 Å². The number of aromatic nitrogens is 2. The van der Waals surface area contributed by atoms with Crippen LogP contribution in [-0.2, 0) is 0 Å². The van der Waals surface area contributed by atoms with Gasteiger partial charge in [-0.25, -0.2) is 4.98 Å².